The molecular weight excluding hydrogens is 568 g/mol. The molecule has 0 aliphatic carbocycles. The van der Waals surface area contributed by atoms with Crippen LogP contribution in [0.4, 0.5) is 0 Å². The van der Waals surface area contributed by atoms with E-state index in [1.807, 2.05) is 37.3 Å². The average molecular weight is 599 g/mol. The van der Waals surface area contributed by atoms with E-state index in [9.17, 15) is 18.0 Å². The summed E-state index contributed by atoms with van der Waals surface area (Å²) in [6.45, 7) is 4.09. The number of nitrogens with one attached hydrogen (secondary N) is 1. The molecule has 39 heavy (non-hydrogen) atoms. The molecule has 0 saturated carbocycles. The average Bonchev–Trinajstić information content (AvgIpc) is 3.37. The molecule has 3 rings (SSSR count). The number of nitrogens with zero attached hydrogens (tertiary/aromatic N) is 3. The number of carbonyl (C=O) groups excluding carboxylic acids is 2. The minimum atomic E-state index is -4.10. The van der Waals surface area contributed by atoms with Crippen molar-refractivity contribution in [1.29, 1.82) is 0 Å². The molecule has 0 unspecified atom stereocenters. The van der Waals surface area contributed by atoms with Gasteiger partial charge in [-0.25, -0.2) is 18.1 Å². The second-order valence-electron chi connectivity index (χ2n) is 8.32. The zero-order valence-electron chi connectivity index (χ0n) is 22.8. The summed E-state index contributed by atoms with van der Waals surface area (Å²) >= 11 is 1.16. The van der Waals surface area contributed by atoms with Crippen LogP contribution in [-0.4, -0.2) is 57.4 Å². The molecule has 3 aromatic rings. The first-order valence-corrected chi connectivity index (χ1v) is 14.3. The molecule has 0 spiro atoms. The van der Waals surface area contributed by atoms with Gasteiger partial charge < -0.3 is 23.9 Å². The number of hydrogen-bond donors (Lipinski definition) is 1. The third-order valence-corrected chi connectivity index (χ3v) is 7.54. The maximum absolute atomic E-state index is 13.7. The van der Waals surface area contributed by atoms with Crippen LogP contribution in [0.15, 0.2) is 47.8 Å². The number of hydrogen-bond acceptors (Lipinski definition) is 8. The Morgan fingerprint density at radius 1 is 1.10 bits per heavy atom. The summed E-state index contributed by atoms with van der Waals surface area (Å²) in [6, 6.07) is 13.3. The molecule has 2 amide bonds. The summed E-state index contributed by atoms with van der Waals surface area (Å²) in [7, 11) is -1.03. The quantitative estimate of drug-likeness (QED) is 0.292. The van der Waals surface area contributed by atoms with Crippen molar-refractivity contribution in [3.63, 3.8) is 0 Å². The normalized spacial score (nSPS) is 10.9. The molecule has 0 atom stereocenters. The van der Waals surface area contributed by atoms with Gasteiger partial charge in [0.2, 0.25) is 0 Å². The van der Waals surface area contributed by atoms with Crippen molar-refractivity contribution < 1.29 is 78.9 Å². The van der Waals surface area contributed by atoms with E-state index in [0.717, 1.165) is 28.9 Å². The van der Waals surface area contributed by atoms with Gasteiger partial charge in [0.15, 0.2) is 10.2 Å². The Morgan fingerprint density at radius 2 is 1.74 bits per heavy atom. The predicted octanol–water partition coefficient (Wildman–Crippen LogP) is 1.12. The largest absolute Gasteiger partial charge is 1.00 e. The van der Waals surface area contributed by atoms with Crippen LogP contribution in [0, 0.1) is 6.92 Å². The predicted molar refractivity (Wildman–Crippen MR) is 146 cm³/mol. The number of aryl methyl sites for hydroxylation is 1. The van der Waals surface area contributed by atoms with Gasteiger partial charge in [-0.05, 0) is 37.5 Å². The Bertz CT molecular complexity index is 1340. The first kappa shape index (κ1) is 33.4. The standard InChI is InChI=1S/C26H32N4O6S2.K/c1-5-27-38(33,34)29-25(31)21-17-37-24(28-21)16-30(13-9-12-19-10-7-6-8-11-19)26(32)20-14-22(35-3)18(2)23(15-20)36-4;/h6-8,10-11,14-15,17,27H,5,9,12-13,16H2,1-4H3,(H,29,31);/q;+1/p-1. The Morgan fingerprint density at radius 3 is 2.33 bits per heavy atom. The van der Waals surface area contributed by atoms with E-state index in [0.29, 0.717) is 35.0 Å². The van der Waals surface area contributed by atoms with Crippen LogP contribution in [0.25, 0.3) is 4.72 Å². The molecule has 0 fully saturated rings. The molecule has 2 aromatic carbocycles. The van der Waals surface area contributed by atoms with Gasteiger partial charge in [-0.15, -0.1) is 11.3 Å². The van der Waals surface area contributed by atoms with Crippen LogP contribution in [0.1, 0.15) is 50.3 Å². The summed E-state index contributed by atoms with van der Waals surface area (Å²) in [5.74, 6) is -0.161. The zero-order chi connectivity index (χ0) is 27.7. The zero-order valence-corrected chi connectivity index (χ0v) is 27.5. The number of carbonyl (C=O) groups is 2. The third kappa shape index (κ3) is 9.64. The van der Waals surface area contributed by atoms with Crippen LogP contribution in [-0.2, 0) is 23.2 Å². The van der Waals surface area contributed by atoms with Gasteiger partial charge in [-0.1, -0.05) is 37.3 Å². The van der Waals surface area contributed by atoms with Gasteiger partial charge in [0.1, 0.15) is 22.4 Å². The van der Waals surface area contributed by atoms with Crippen molar-refractivity contribution in [1.82, 2.24) is 14.6 Å². The first-order chi connectivity index (χ1) is 18.2. The van der Waals surface area contributed by atoms with Crippen LogP contribution >= 0.6 is 11.3 Å². The summed E-state index contributed by atoms with van der Waals surface area (Å²) in [5.41, 5.74) is 2.23. The van der Waals surface area contributed by atoms with E-state index in [1.165, 1.54) is 19.6 Å². The topological polar surface area (TPSA) is 129 Å². The van der Waals surface area contributed by atoms with Gasteiger partial charge in [-0.2, -0.15) is 0 Å². The van der Waals surface area contributed by atoms with Gasteiger partial charge in [-0.3, -0.25) is 4.79 Å². The van der Waals surface area contributed by atoms with Crippen molar-refractivity contribution in [3.8, 4) is 11.5 Å². The number of amides is 2. The first-order valence-electron chi connectivity index (χ1n) is 11.9. The maximum Gasteiger partial charge on any atom is 1.00 e. The van der Waals surface area contributed by atoms with Crippen molar-refractivity contribution in [2.45, 2.75) is 33.2 Å². The summed E-state index contributed by atoms with van der Waals surface area (Å²) in [5, 5.41) is 1.91. The second-order valence-corrected chi connectivity index (χ2v) is 10.7. The molecule has 1 heterocycles. The summed E-state index contributed by atoms with van der Waals surface area (Å²) in [6.07, 6.45) is 1.47. The van der Waals surface area contributed by atoms with Crippen LogP contribution in [0.5, 0.6) is 11.5 Å². The van der Waals surface area contributed by atoms with Crippen molar-refractivity contribution in [2.75, 3.05) is 27.3 Å². The summed E-state index contributed by atoms with van der Waals surface area (Å²) < 4.78 is 39.9. The van der Waals surface area contributed by atoms with Crippen molar-refractivity contribution in [2.24, 2.45) is 0 Å². The van der Waals surface area contributed by atoms with E-state index < -0.39 is 16.1 Å². The molecule has 0 saturated heterocycles. The number of ether oxygens (including phenoxy) is 2. The van der Waals surface area contributed by atoms with E-state index in [-0.39, 0.29) is 76.1 Å². The molecule has 0 radical (unpaired) electrons. The fourth-order valence-corrected chi connectivity index (χ4v) is 5.30. The monoisotopic (exact) mass is 598 g/mol. The summed E-state index contributed by atoms with van der Waals surface area (Å²) in [4.78, 5) is 31.9. The van der Waals surface area contributed by atoms with Crippen LogP contribution < -0.4 is 65.6 Å². The van der Waals surface area contributed by atoms with E-state index in [1.54, 1.807) is 24.0 Å². The molecule has 1 N–H and O–H groups in total. The minimum Gasteiger partial charge on any atom is -0.527 e. The molecule has 0 bridgehead atoms. The smallest absolute Gasteiger partial charge is 0.527 e. The van der Waals surface area contributed by atoms with Crippen molar-refractivity contribution in [3.05, 3.63) is 80.0 Å². The molecule has 1 aromatic heterocycles. The maximum atomic E-state index is 13.7. The van der Waals surface area contributed by atoms with Gasteiger partial charge in [0.25, 0.3) is 5.91 Å². The van der Waals surface area contributed by atoms with Gasteiger partial charge >= 0.3 is 51.4 Å². The van der Waals surface area contributed by atoms with Crippen molar-refractivity contribution >= 4 is 33.4 Å². The number of methoxy groups -OCH3 is 2. The van der Waals surface area contributed by atoms with E-state index in [2.05, 4.69) is 14.4 Å². The molecule has 204 valence electrons. The molecule has 13 heteroatoms. The fourth-order valence-electron chi connectivity index (χ4n) is 3.78. The Labute approximate surface area is 276 Å². The fraction of sp³-hybridized carbons (Fsp3) is 0.346. The third-order valence-electron chi connectivity index (χ3n) is 5.65. The molecule has 10 nitrogen and oxygen atoms in total. The number of rotatable bonds is 13. The van der Waals surface area contributed by atoms with Gasteiger partial charge in [0, 0.05) is 29.6 Å². The molecule has 0 aliphatic rings. The minimum absolute atomic E-state index is 0. The number of thiazole rings is 1. The van der Waals surface area contributed by atoms with Crippen LogP contribution in [0.2, 0.25) is 0 Å². The number of aromatic nitrogens is 1. The molecule has 0 aliphatic heterocycles. The second kappa shape index (κ2) is 15.8. The Kier molecular flexibility index (Phi) is 13.5. The Hall–Kier alpha value is -1.84. The number of benzene rings is 2. The van der Waals surface area contributed by atoms with Gasteiger partial charge in [0.05, 0.1) is 26.5 Å². The Balaban J connectivity index is 0.00000533. The van der Waals surface area contributed by atoms with E-state index >= 15 is 0 Å². The van der Waals surface area contributed by atoms with Crippen LogP contribution in [0.3, 0.4) is 0 Å². The van der Waals surface area contributed by atoms with E-state index in [4.69, 9.17) is 9.47 Å². The SMILES string of the molecule is CCNS(=O)(=O)[N-]C(=O)c1csc(CN(CCCc2ccccc2)C(=O)c2cc(OC)c(C)c(OC)c2)n1.[K+]. The molecular formula is C26H31KN4O6S2.